The summed E-state index contributed by atoms with van der Waals surface area (Å²) in [6.45, 7) is 1.50. The Morgan fingerprint density at radius 2 is 1.82 bits per heavy atom. The van der Waals surface area contributed by atoms with Crippen LogP contribution < -0.4 is 15.6 Å². The Kier molecular flexibility index (Phi) is 7.45. The van der Waals surface area contributed by atoms with Crippen molar-refractivity contribution < 1.29 is 9.53 Å². The van der Waals surface area contributed by atoms with Gasteiger partial charge in [-0.1, -0.05) is 43.5 Å². The van der Waals surface area contributed by atoms with E-state index in [0.717, 1.165) is 8.95 Å². The molecule has 0 atom stereocenters. The summed E-state index contributed by atoms with van der Waals surface area (Å²) in [7, 11) is 0. The Bertz CT molecular complexity index is 1470. The zero-order valence-electron chi connectivity index (χ0n) is 17.8. The normalized spacial score (nSPS) is 11.2. The van der Waals surface area contributed by atoms with Gasteiger partial charge in [0, 0.05) is 25.2 Å². The number of anilines is 1. The van der Waals surface area contributed by atoms with Crippen LogP contribution >= 0.6 is 43.5 Å². The zero-order chi connectivity index (χ0) is 24.2. The van der Waals surface area contributed by atoms with Crippen molar-refractivity contribution in [2.45, 2.75) is 6.92 Å². The van der Waals surface area contributed by atoms with Gasteiger partial charge in [0.15, 0.2) is 6.61 Å². The summed E-state index contributed by atoms with van der Waals surface area (Å²) in [5.74, 6) is 0.542. The predicted octanol–water partition coefficient (Wildman–Crippen LogP) is 5.78. The van der Waals surface area contributed by atoms with Gasteiger partial charge in [-0.3, -0.25) is 9.59 Å². The van der Waals surface area contributed by atoms with Crippen LogP contribution in [0.15, 0.2) is 79.5 Å². The maximum absolute atomic E-state index is 13.0. The van der Waals surface area contributed by atoms with Crippen molar-refractivity contribution >= 4 is 72.2 Å². The van der Waals surface area contributed by atoms with Gasteiger partial charge in [-0.05, 0) is 67.6 Å². The van der Waals surface area contributed by atoms with Crippen molar-refractivity contribution in [3.63, 3.8) is 0 Å². The van der Waals surface area contributed by atoms with Gasteiger partial charge in [0.1, 0.15) is 11.6 Å². The topological polar surface area (TPSA) is 85.6 Å². The molecule has 0 aliphatic carbocycles. The molecule has 10 heteroatoms. The van der Waals surface area contributed by atoms with E-state index < -0.39 is 0 Å². The van der Waals surface area contributed by atoms with Crippen molar-refractivity contribution in [2.24, 2.45) is 5.10 Å². The van der Waals surface area contributed by atoms with Crippen LogP contribution in [0, 0.1) is 6.92 Å². The average Bonchev–Trinajstić information content (AvgIpc) is 2.80. The molecule has 0 radical (unpaired) electrons. The van der Waals surface area contributed by atoms with E-state index in [4.69, 9.17) is 16.3 Å². The molecule has 1 amide bonds. The molecule has 0 saturated carbocycles. The van der Waals surface area contributed by atoms with E-state index in [9.17, 15) is 9.59 Å². The fourth-order valence-corrected chi connectivity index (χ4v) is 4.01. The van der Waals surface area contributed by atoms with Gasteiger partial charge in [-0.15, -0.1) is 0 Å². The summed E-state index contributed by atoms with van der Waals surface area (Å²) in [6, 6.07) is 17.4. The average molecular weight is 605 g/mol. The van der Waals surface area contributed by atoms with Gasteiger partial charge < -0.3 is 10.1 Å². The summed E-state index contributed by atoms with van der Waals surface area (Å²) in [4.78, 5) is 29.7. The molecule has 4 aromatic rings. The molecule has 172 valence electrons. The van der Waals surface area contributed by atoms with Crippen LogP contribution in [0.1, 0.15) is 11.4 Å². The number of rotatable bonds is 6. The second-order valence-electron chi connectivity index (χ2n) is 7.21. The Labute approximate surface area is 216 Å². The molecule has 0 unspecified atom stereocenters. The summed E-state index contributed by atoms with van der Waals surface area (Å²) in [5, 5.41) is 8.12. The summed E-state index contributed by atoms with van der Waals surface area (Å²) < 4.78 is 8.52. The number of fused-ring (bicyclic) bond motifs is 1. The second-order valence-corrected chi connectivity index (χ2v) is 9.48. The minimum atomic E-state index is -0.329. The smallest absolute Gasteiger partial charge is 0.282 e. The lowest BCUT2D eigenvalue weighted by atomic mass is 10.2. The molecular weight excluding hydrogens is 588 g/mol. The van der Waals surface area contributed by atoms with Crippen LogP contribution in [0.2, 0.25) is 5.02 Å². The maximum atomic E-state index is 13.0. The third-order valence-corrected chi connectivity index (χ3v) is 5.98. The maximum Gasteiger partial charge on any atom is 0.282 e. The first-order valence-electron chi connectivity index (χ1n) is 10.0. The third-order valence-electron chi connectivity index (χ3n) is 4.74. The lowest BCUT2D eigenvalue weighted by Crippen LogP contribution is -2.21. The number of nitrogens with one attached hydrogen (secondary N) is 1. The molecule has 0 fully saturated rings. The van der Waals surface area contributed by atoms with Crippen molar-refractivity contribution in [1.29, 1.82) is 0 Å². The molecule has 0 saturated heterocycles. The van der Waals surface area contributed by atoms with Crippen molar-refractivity contribution in [3.8, 4) is 5.75 Å². The number of aromatic nitrogens is 2. The van der Waals surface area contributed by atoms with E-state index in [-0.39, 0.29) is 18.1 Å². The molecule has 1 heterocycles. The van der Waals surface area contributed by atoms with Crippen LogP contribution in [-0.2, 0) is 4.79 Å². The van der Waals surface area contributed by atoms with Crippen LogP contribution in [-0.4, -0.2) is 28.4 Å². The third kappa shape index (κ3) is 5.72. The van der Waals surface area contributed by atoms with Gasteiger partial charge in [0.2, 0.25) is 0 Å². The van der Waals surface area contributed by atoms with E-state index in [1.165, 1.54) is 10.9 Å². The standard InChI is InChI=1S/C24H17Br2ClN4O3/c1-14-29-21-8-2-17(26)11-20(21)24(33)31(14)28-12-15-10-16(25)3-9-22(15)34-13-23(32)30-19-6-4-18(27)5-7-19/h2-12H,13H2,1H3,(H,30,32). The van der Waals surface area contributed by atoms with Gasteiger partial charge in [0.05, 0.1) is 17.1 Å². The van der Waals surface area contributed by atoms with E-state index in [2.05, 4.69) is 47.3 Å². The SMILES string of the molecule is Cc1nc2ccc(Br)cc2c(=O)n1N=Cc1cc(Br)ccc1OCC(=O)Nc1ccc(Cl)cc1. The molecule has 0 spiro atoms. The zero-order valence-corrected chi connectivity index (χ0v) is 21.7. The monoisotopic (exact) mass is 602 g/mol. The Morgan fingerprint density at radius 1 is 1.12 bits per heavy atom. The largest absolute Gasteiger partial charge is 0.483 e. The fraction of sp³-hybridized carbons (Fsp3) is 0.0833. The number of carbonyl (C=O) groups excluding carboxylic acids is 1. The molecule has 0 aliphatic rings. The first-order valence-corrected chi connectivity index (χ1v) is 12.0. The fourth-order valence-electron chi connectivity index (χ4n) is 3.14. The van der Waals surface area contributed by atoms with Gasteiger partial charge in [-0.25, -0.2) is 4.98 Å². The predicted molar refractivity (Wildman–Crippen MR) is 141 cm³/mol. The Balaban J connectivity index is 1.56. The molecule has 1 N–H and O–H groups in total. The number of hydrogen-bond donors (Lipinski definition) is 1. The van der Waals surface area contributed by atoms with Crippen molar-refractivity contribution in [2.75, 3.05) is 11.9 Å². The molecule has 4 rings (SSSR count). The second kappa shape index (κ2) is 10.5. The molecule has 0 bridgehead atoms. The number of halogens is 3. The number of hydrogen-bond acceptors (Lipinski definition) is 5. The summed E-state index contributed by atoms with van der Waals surface area (Å²) in [5.41, 5.74) is 1.49. The Hall–Kier alpha value is -3.01. The first-order chi connectivity index (χ1) is 16.3. The molecule has 34 heavy (non-hydrogen) atoms. The highest BCUT2D eigenvalue weighted by atomic mass is 79.9. The highest BCUT2D eigenvalue weighted by Crippen LogP contribution is 2.22. The van der Waals surface area contributed by atoms with E-state index in [0.29, 0.717) is 38.8 Å². The van der Waals surface area contributed by atoms with Gasteiger partial charge in [-0.2, -0.15) is 9.78 Å². The van der Waals surface area contributed by atoms with Crippen LogP contribution in [0.4, 0.5) is 5.69 Å². The van der Waals surface area contributed by atoms with Crippen molar-refractivity contribution in [1.82, 2.24) is 9.66 Å². The number of nitrogens with zero attached hydrogens (tertiary/aromatic N) is 3. The van der Waals surface area contributed by atoms with Crippen LogP contribution in [0.25, 0.3) is 10.9 Å². The number of amides is 1. The molecule has 3 aromatic carbocycles. The first kappa shape index (κ1) is 24.1. The minimum Gasteiger partial charge on any atom is -0.483 e. The lowest BCUT2D eigenvalue weighted by Gasteiger charge is -2.11. The molecule has 7 nitrogen and oxygen atoms in total. The van der Waals surface area contributed by atoms with E-state index in [1.807, 2.05) is 6.07 Å². The number of ether oxygens (including phenoxy) is 1. The van der Waals surface area contributed by atoms with Gasteiger partial charge in [0.25, 0.3) is 11.5 Å². The Morgan fingerprint density at radius 3 is 2.59 bits per heavy atom. The summed E-state index contributed by atoms with van der Waals surface area (Å²) in [6.07, 6.45) is 1.50. The van der Waals surface area contributed by atoms with Gasteiger partial charge >= 0.3 is 0 Å². The highest BCUT2D eigenvalue weighted by molar-refractivity contribution is 9.10. The quantitative estimate of drug-likeness (QED) is 0.283. The lowest BCUT2D eigenvalue weighted by molar-refractivity contribution is -0.118. The number of aryl methyl sites for hydroxylation is 1. The van der Waals surface area contributed by atoms with E-state index in [1.54, 1.807) is 61.5 Å². The number of carbonyl (C=O) groups is 1. The minimum absolute atomic E-state index is 0.213. The summed E-state index contributed by atoms with van der Waals surface area (Å²) >= 11 is 12.7. The number of benzene rings is 3. The highest BCUT2D eigenvalue weighted by Gasteiger charge is 2.10. The molecule has 0 aliphatic heterocycles. The van der Waals surface area contributed by atoms with Crippen LogP contribution in [0.3, 0.4) is 0 Å². The van der Waals surface area contributed by atoms with Crippen molar-refractivity contribution in [3.05, 3.63) is 96.4 Å². The molecular formula is C24H17Br2ClN4O3. The van der Waals surface area contributed by atoms with Crippen LogP contribution in [0.5, 0.6) is 5.75 Å². The van der Waals surface area contributed by atoms with E-state index >= 15 is 0 Å². The molecule has 1 aromatic heterocycles.